The number of nitrogens with two attached hydrogens (primary N) is 1. The highest BCUT2D eigenvalue weighted by Crippen LogP contribution is 2.33. The lowest BCUT2D eigenvalue weighted by Gasteiger charge is -2.33. The Hall–Kier alpha value is -1.26. The average Bonchev–Trinajstić information content (AvgIpc) is 2.49. The van der Waals surface area contributed by atoms with Crippen LogP contribution in [-0.2, 0) is 0 Å². The quantitative estimate of drug-likeness (QED) is 0.906. The third kappa shape index (κ3) is 4.11. The van der Waals surface area contributed by atoms with E-state index in [0.717, 1.165) is 30.2 Å². The zero-order valence-electron chi connectivity index (χ0n) is 13.3. The van der Waals surface area contributed by atoms with Crippen LogP contribution in [0.4, 0.5) is 0 Å². The Morgan fingerprint density at radius 2 is 1.71 bits per heavy atom. The van der Waals surface area contributed by atoms with Crippen LogP contribution in [0.15, 0.2) is 18.2 Å². The van der Waals surface area contributed by atoms with Gasteiger partial charge in [0.05, 0.1) is 20.3 Å². The van der Waals surface area contributed by atoms with Crippen molar-refractivity contribution in [2.75, 3.05) is 33.9 Å². The lowest BCUT2D eigenvalue weighted by molar-refractivity contribution is 0.180. The van der Waals surface area contributed by atoms with E-state index in [1.807, 2.05) is 12.1 Å². The summed E-state index contributed by atoms with van der Waals surface area (Å²) in [6, 6.07) is 6.17. The van der Waals surface area contributed by atoms with Gasteiger partial charge in [-0.3, -0.25) is 4.90 Å². The average molecular weight is 292 g/mol. The van der Waals surface area contributed by atoms with Gasteiger partial charge in [0.25, 0.3) is 0 Å². The number of hydrogen-bond acceptors (Lipinski definition) is 4. The van der Waals surface area contributed by atoms with Gasteiger partial charge < -0.3 is 15.2 Å². The third-order valence-electron chi connectivity index (χ3n) is 4.35. The zero-order chi connectivity index (χ0) is 15.1. The maximum Gasteiger partial charge on any atom is 0.123 e. The highest BCUT2D eigenvalue weighted by Gasteiger charge is 2.23. The minimum absolute atomic E-state index is 0.202. The molecule has 1 aliphatic rings. The molecule has 1 unspecified atom stereocenters. The van der Waals surface area contributed by atoms with Gasteiger partial charge in [0.2, 0.25) is 0 Å². The molecular formula is C17H28N2O2. The number of nitrogens with zero attached hydrogens (tertiary/aromatic N) is 1. The molecule has 0 spiro atoms. The predicted molar refractivity (Wildman–Crippen MR) is 86.0 cm³/mol. The first-order valence-electron chi connectivity index (χ1n) is 7.96. The third-order valence-corrected chi connectivity index (χ3v) is 4.35. The summed E-state index contributed by atoms with van der Waals surface area (Å²) < 4.78 is 10.9. The molecule has 1 fully saturated rings. The fourth-order valence-corrected chi connectivity index (χ4v) is 3.16. The van der Waals surface area contributed by atoms with Crippen molar-refractivity contribution in [1.82, 2.24) is 4.90 Å². The summed E-state index contributed by atoms with van der Waals surface area (Å²) in [5.74, 6) is 1.75. The largest absolute Gasteiger partial charge is 0.497 e. The maximum absolute atomic E-state index is 6.10. The number of likely N-dealkylation sites (tertiary alicyclic amines) is 1. The van der Waals surface area contributed by atoms with Crippen LogP contribution in [-0.4, -0.2) is 38.8 Å². The van der Waals surface area contributed by atoms with Crippen molar-refractivity contribution in [2.24, 2.45) is 5.73 Å². The Morgan fingerprint density at radius 3 is 2.29 bits per heavy atom. The summed E-state index contributed by atoms with van der Waals surface area (Å²) >= 11 is 0. The molecule has 118 valence electrons. The van der Waals surface area contributed by atoms with Gasteiger partial charge in [-0.25, -0.2) is 0 Å². The number of rotatable bonds is 5. The molecule has 0 bridgehead atoms. The van der Waals surface area contributed by atoms with Crippen molar-refractivity contribution in [1.29, 1.82) is 0 Å². The van der Waals surface area contributed by atoms with Gasteiger partial charge in [-0.2, -0.15) is 0 Å². The van der Waals surface area contributed by atoms with Crippen LogP contribution in [0.2, 0.25) is 0 Å². The molecule has 2 N–H and O–H groups in total. The van der Waals surface area contributed by atoms with Crippen molar-refractivity contribution in [3.8, 4) is 11.5 Å². The molecule has 0 aliphatic carbocycles. The van der Waals surface area contributed by atoms with E-state index in [-0.39, 0.29) is 6.04 Å². The SMILES string of the molecule is COc1ccc(OC)c(C(CN)N2CCCCCCC2)c1. The molecular weight excluding hydrogens is 264 g/mol. The lowest BCUT2D eigenvalue weighted by atomic mass is 10.0. The normalized spacial score (nSPS) is 18.6. The summed E-state index contributed by atoms with van der Waals surface area (Å²) in [4.78, 5) is 2.51. The summed E-state index contributed by atoms with van der Waals surface area (Å²) in [6.07, 6.45) is 6.52. The van der Waals surface area contributed by atoms with E-state index in [0.29, 0.717) is 6.54 Å². The molecule has 1 atom stereocenters. The molecule has 0 aromatic heterocycles. The second-order valence-corrected chi connectivity index (χ2v) is 5.66. The Labute approximate surface area is 128 Å². The number of methoxy groups -OCH3 is 2. The molecule has 4 heteroatoms. The van der Waals surface area contributed by atoms with Gasteiger partial charge in [0.1, 0.15) is 11.5 Å². The van der Waals surface area contributed by atoms with Gasteiger partial charge in [0.15, 0.2) is 0 Å². The van der Waals surface area contributed by atoms with Crippen molar-refractivity contribution in [3.63, 3.8) is 0 Å². The predicted octanol–water partition coefficient (Wildman–Crippen LogP) is 2.97. The summed E-state index contributed by atoms with van der Waals surface area (Å²) in [6.45, 7) is 2.83. The van der Waals surface area contributed by atoms with Gasteiger partial charge in [-0.1, -0.05) is 19.3 Å². The van der Waals surface area contributed by atoms with E-state index < -0.39 is 0 Å². The number of ether oxygens (including phenoxy) is 2. The molecule has 0 saturated carbocycles. The van der Waals surface area contributed by atoms with Crippen LogP contribution in [0.25, 0.3) is 0 Å². The second-order valence-electron chi connectivity index (χ2n) is 5.66. The summed E-state index contributed by atoms with van der Waals surface area (Å²) in [7, 11) is 3.41. The first-order valence-corrected chi connectivity index (χ1v) is 7.96. The van der Waals surface area contributed by atoms with Crippen LogP contribution < -0.4 is 15.2 Å². The highest BCUT2D eigenvalue weighted by atomic mass is 16.5. The van der Waals surface area contributed by atoms with Gasteiger partial charge in [0, 0.05) is 12.1 Å². The molecule has 1 aromatic carbocycles. The molecule has 21 heavy (non-hydrogen) atoms. The number of benzene rings is 1. The molecule has 1 aromatic rings. The van der Waals surface area contributed by atoms with Gasteiger partial charge in [-0.05, 0) is 44.1 Å². The van der Waals surface area contributed by atoms with Gasteiger partial charge >= 0.3 is 0 Å². The fourth-order valence-electron chi connectivity index (χ4n) is 3.16. The van der Waals surface area contributed by atoms with E-state index in [2.05, 4.69) is 11.0 Å². The van der Waals surface area contributed by atoms with E-state index in [9.17, 15) is 0 Å². The minimum Gasteiger partial charge on any atom is -0.497 e. The molecule has 0 radical (unpaired) electrons. The molecule has 4 nitrogen and oxygen atoms in total. The standard InChI is InChI=1S/C17H28N2O2/c1-20-14-8-9-17(21-2)15(12-14)16(13-18)19-10-6-4-3-5-7-11-19/h8-9,12,16H,3-7,10-11,13,18H2,1-2H3. The topological polar surface area (TPSA) is 47.7 Å². The maximum atomic E-state index is 6.10. The van der Waals surface area contributed by atoms with E-state index in [4.69, 9.17) is 15.2 Å². The van der Waals surface area contributed by atoms with E-state index >= 15 is 0 Å². The summed E-state index contributed by atoms with van der Waals surface area (Å²) in [5.41, 5.74) is 7.24. The number of hydrogen-bond donors (Lipinski definition) is 1. The van der Waals surface area contributed by atoms with Crippen LogP contribution in [0, 0.1) is 0 Å². The van der Waals surface area contributed by atoms with Gasteiger partial charge in [-0.15, -0.1) is 0 Å². The Morgan fingerprint density at radius 1 is 1.05 bits per heavy atom. The zero-order valence-corrected chi connectivity index (χ0v) is 13.3. The smallest absolute Gasteiger partial charge is 0.123 e. The van der Waals surface area contributed by atoms with E-state index in [1.54, 1.807) is 14.2 Å². The van der Waals surface area contributed by atoms with Crippen molar-refractivity contribution >= 4 is 0 Å². The highest BCUT2D eigenvalue weighted by molar-refractivity contribution is 5.42. The molecule has 1 aliphatic heterocycles. The molecule has 2 rings (SSSR count). The van der Waals surface area contributed by atoms with E-state index in [1.165, 1.54) is 32.1 Å². The van der Waals surface area contributed by atoms with Crippen molar-refractivity contribution in [2.45, 2.75) is 38.1 Å². The van der Waals surface area contributed by atoms with Crippen molar-refractivity contribution < 1.29 is 9.47 Å². The Balaban J connectivity index is 2.25. The van der Waals surface area contributed by atoms with Crippen LogP contribution >= 0.6 is 0 Å². The first kappa shape index (κ1) is 16.1. The molecule has 1 saturated heterocycles. The summed E-state index contributed by atoms with van der Waals surface area (Å²) in [5, 5.41) is 0. The fraction of sp³-hybridized carbons (Fsp3) is 0.647. The van der Waals surface area contributed by atoms with Crippen LogP contribution in [0.1, 0.15) is 43.7 Å². The Kier molecular flexibility index (Phi) is 6.33. The second kappa shape index (κ2) is 8.25. The lowest BCUT2D eigenvalue weighted by Crippen LogP contribution is -2.36. The molecule has 1 heterocycles. The first-order chi connectivity index (χ1) is 10.3. The Bertz CT molecular complexity index is 429. The van der Waals surface area contributed by atoms with Crippen LogP contribution in [0.3, 0.4) is 0 Å². The molecule has 0 amide bonds. The van der Waals surface area contributed by atoms with Crippen LogP contribution in [0.5, 0.6) is 11.5 Å². The minimum atomic E-state index is 0.202. The van der Waals surface area contributed by atoms with Crippen molar-refractivity contribution in [3.05, 3.63) is 23.8 Å². The monoisotopic (exact) mass is 292 g/mol.